The molecule has 4 aromatic rings. The Hall–Kier alpha value is -3.77. The number of fused-ring (bicyclic) bond motifs is 10. The fourth-order valence-corrected chi connectivity index (χ4v) is 4.07. The zero-order valence-corrected chi connectivity index (χ0v) is 15.9. The van der Waals surface area contributed by atoms with Crippen molar-refractivity contribution in [2.45, 2.75) is 32.9 Å². The smallest absolute Gasteiger partial charge is 0.248 e. The van der Waals surface area contributed by atoms with E-state index >= 15 is 0 Å². The molecule has 0 fully saturated rings. The van der Waals surface area contributed by atoms with Crippen LogP contribution in [-0.2, 0) is 12.1 Å². The molecular weight excluding hydrogens is 401 g/mol. The van der Waals surface area contributed by atoms with Crippen LogP contribution in [-0.4, -0.2) is 39.5 Å². The van der Waals surface area contributed by atoms with Gasteiger partial charge in [0.15, 0.2) is 0 Å². The summed E-state index contributed by atoms with van der Waals surface area (Å²) >= 11 is 0. The van der Waals surface area contributed by atoms with E-state index in [1.165, 1.54) is 10.9 Å². The fourth-order valence-electron chi connectivity index (χ4n) is 4.07. The summed E-state index contributed by atoms with van der Waals surface area (Å²) in [5, 5.41) is 8.40. The predicted octanol–water partition coefficient (Wildman–Crippen LogP) is 0.352. The van der Waals surface area contributed by atoms with Gasteiger partial charge in [-0.2, -0.15) is 18.2 Å². The predicted molar refractivity (Wildman–Crippen MR) is 90.3 cm³/mol. The van der Waals surface area contributed by atoms with Gasteiger partial charge in [0.05, 0.1) is 0 Å². The van der Waals surface area contributed by atoms with Crippen molar-refractivity contribution >= 4 is 0 Å². The highest BCUT2D eigenvalue weighted by molar-refractivity contribution is 5.50. The molecule has 10 nitrogen and oxygen atoms in total. The zero-order chi connectivity index (χ0) is 21.0. The first kappa shape index (κ1) is 17.1. The summed E-state index contributed by atoms with van der Waals surface area (Å²) < 4.78 is 46.8. The Bertz CT molecular complexity index is 1390. The molecule has 0 bridgehead atoms. The van der Waals surface area contributed by atoms with E-state index in [9.17, 15) is 13.2 Å². The SMILES string of the molecule is Cc1c[n+]2c(cn1)-c1nc(C)nn1C21n2nc(C(F)(F)F)nc2-c2cnc(C)c[n+]21. The van der Waals surface area contributed by atoms with Crippen LogP contribution < -0.4 is 9.13 Å². The highest BCUT2D eigenvalue weighted by Crippen LogP contribution is 2.37. The molecule has 0 saturated carbocycles. The van der Waals surface area contributed by atoms with Crippen molar-refractivity contribution in [1.82, 2.24) is 39.5 Å². The number of hydrogen-bond donors (Lipinski definition) is 0. The van der Waals surface area contributed by atoms with Gasteiger partial charge < -0.3 is 0 Å². The summed E-state index contributed by atoms with van der Waals surface area (Å²) in [7, 11) is 0. The van der Waals surface area contributed by atoms with Crippen molar-refractivity contribution in [3.05, 3.63) is 47.8 Å². The monoisotopic (exact) mass is 414 g/mol. The molecule has 6 rings (SSSR count). The molecule has 2 aliphatic rings. The molecule has 30 heavy (non-hydrogen) atoms. The Morgan fingerprint density at radius 3 is 1.93 bits per heavy atom. The third-order valence-electron chi connectivity index (χ3n) is 5.18. The lowest BCUT2D eigenvalue weighted by Gasteiger charge is -2.15. The van der Waals surface area contributed by atoms with Crippen LogP contribution in [0.3, 0.4) is 0 Å². The molecule has 1 spiro atoms. The van der Waals surface area contributed by atoms with Gasteiger partial charge in [-0.05, 0) is 20.8 Å². The highest BCUT2D eigenvalue weighted by atomic mass is 19.4. The molecule has 0 aromatic carbocycles. The van der Waals surface area contributed by atoms with Gasteiger partial charge in [-0.15, -0.1) is 10.2 Å². The average Bonchev–Trinajstić information content (AvgIpc) is 3.37. The summed E-state index contributed by atoms with van der Waals surface area (Å²) in [6.07, 6.45) is 1.87. The van der Waals surface area contributed by atoms with Gasteiger partial charge in [0.1, 0.15) is 29.6 Å². The molecule has 2 aliphatic heterocycles. The lowest BCUT2D eigenvalue weighted by atomic mass is 10.3. The van der Waals surface area contributed by atoms with E-state index in [1.807, 2.05) is 0 Å². The van der Waals surface area contributed by atoms with Crippen LogP contribution in [0.15, 0.2) is 24.8 Å². The number of aryl methyl sites for hydroxylation is 3. The van der Waals surface area contributed by atoms with Crippen molar-refractivity contribution in [3.63, 3.8) is 0 Å². The molecule has 13 heteroatoms. The fraction of sp³-hybridized carbons (Fsp3) is 0.294. The van der Waals surface area contributed by atoms with Crippen LogP contribution in [0.25, 0.3) is 23.0 Å². The topological polar surface area (TPSA) is 95.0 Å². The second-order valence-corrected chi connectivity index (χ2v) is 7.23. The zero-order valence-electron chi connectivity index (χ0n) is 15.9. The molecule has 150 valence electrons. The molecule has 0 radical (unpaired) electrons. The molecule has 0 amide bonds. The maximum absolute atomic E-state index is 13.5. The lowest BCUT2D eigenvalue weighted by Crippen LogP contribution is -2.77. The van der Waals surface area contributed by atoms with Crippen LogP contribution >= 0.6 is 0 Å². The minimum Gasteiger partial charge on any atom is -0.248 e. The standard InChI is InChI=1S/C17H13F3N10/c1-8-6-27-11(4-21-8)13-23-10(3)25-29(13)17(27)28-7-9(2)22-5-12(28)14-24-15(16(18,19)20)26-30(14)17/h4-7H,1-3H3/q+2. The summed E-state index contributed by atoms with van der Waals surface area (Å²) in [5.41, 5.74) is 2.29. The van der Waals surface area contributed by atoms with Crippen LogP contribution in [0.5, 0.6) is 0 Å². The van der Waals surface area contributed by atoms with E-state index < -0.39 is 17.9 Å². The number of rotatable bonds is 0. The molecular formula is C17H13F3N10+2. The summed E-state index contributed by atoms with van der Waals surface area (Å²) in [5.74, 6) is -1.72. The van der Waals surface area contributed by atoms with E-state index in [4.69, 9.17) is 0 Å². The number of aromatic nitrogens is 10. The number of alkyl halides is 3. The van der Waals surface area contributed by atoms with Gasteiger partial charge in [-0.3, -0.25) is 0 Å². The summed E-state index contributed by atoms with van der Waals surface area (Å²) in [4.78, 5) is 16.9. The second-order valence-electron chi connectivity index (χ2n) is 7.23. The van der Waals surface area contributed by atoms with Crippen LogP contribution in [0.1, 0.15) is 23.0 Å². The van der Waals surface area contributed by atoms with Gasteiger partial charge in [0.2, 0.25) is 24.0 Å². The molecule has 6 heterocycles. The van der Waals surface area contributed by atoms with Crippen molar-refractivity contribution in [1.29, 1.82) is 0 Å². The summed E-state index contributed by atoms with van der Waals surface area (Å²) in [6.45, 7) is 5.30. The minimum atomic E-state index is -4.71. The van der Waals surface area contributed by atoms with E-state index in [0.717, 1.165) is 0 Å². The maximum Gasteiger partial charge on any atom is 0.586 e. The minimum absolute atomic E-state index is 0.0312. The molecule has 0 saturated heterocycles. The Kier molecular flexibility index (Phi) is 2.87. The van der Waals surface area contributed by atoms with Gasteiger partial charge in [-0.25, -0.2) is 15.0 Å². The van der Waals surface area contributed by atoms with Crippen LogP contribution in [0, 0.1) is 20.8 Å². The quantitative estimate of drug-likeness (QED) is 0.333. The number of halogens is 3. The van der Waals surface area contributed by atoms with Crippen molar-refractivity contribution in [3.8, 4) is 23.0 Å². The van der Waals surface area contributed by atoms with Crippen molar-refractivity contribution in [2.24, 2.45) is 0 Å². The van der Waals surface area contributed by atoms with Crippen LogP contribution in [0.2, 0.25) is 0 Å². The molecule has 0 aliphatic carbocycles. The Balaban J connectivity index is 1.82. The molecule has 4 aromatic heterocycles. The molecule has 1 atom stereocenters. The summed E-state index contributed by atoms with van der Waals surface area (Å²) in [6, 6.07) is 0. The average molecular weight is 414 g/mol. The van der Waals surface area contributed by atoms with Crippen molar-refractivity contribution < 1.29 is 22.3 Å². The Labute approximate surface area is 166 Å². The third kappa shape index (κ3) is 1.84. The lowest BCUT2D eigenvalue weighted by molar-refractivity contribution is -0.991. The van der Waals surface area contributed by atoms with E-state index in [0.29, 0.717) is 34.4 Å². The van der Waals surface area contributed by atoms with Gasteiger partial charge >= 0.3 is 12.1 Å². The van der Waals surface area contributed by atoms with Crippen LogP contribution in [0.4, 0.5) is 13.2 Å². The van der Waals surface area contributed by atoms with E-state index in [-0.39, 0.29) is 5.82 Å². The Morgan fingerprint density at radius 1 is 0.833 bits per heavy atom. The normalized spacial score (nSPS) is 18.5. The largest absolute Gasteiger partial charge is 0.586 e. The first-order valence-electron chi connectivity index (χ1n) is 8.98. The molecule has 0 N–H and O–H groups in total. The number of nitrogens with zero attached hydrogens (tertiary/aromatic N) is 10. The highest BCUT2D eigenvalue weighted by Gasteiger charge is 2.72. The first-order chi connectivity index (χ1) is 14.2. The van der Waals surface area contributed by atoms with E-state index in [1.54, 1.807) is 53.2 Å². The molecule has 1 unspecified atom stereocenters. The van der Waals surface area contributed by atoms with Gasteiger partial charge in [0, 0.05) is 0 Å². The van der Waals surface area contributed by atoms with E-state index in [2.05, 4.69) is 30.1 Å². The Morgan fingerprint density at radius 2 is 1.37 bits per heavy atom. The maximum atomic E-state index is 13.5. The van der Waals surface area contributed by atoms with Gasteiger partial charge in [0.25, 0.3) is 17.2 Å². The van der Waals surface area contributed by atoms with Gasteiger partial charge in [-0.1, -0.05) is 18.5 Å². The number of hydrogen-bond acceptors (Lipinski definition) is 6. The van der Waals surface area contributed by atoms with Crippen molar-refractivity contribution in [2.75, 3.05) is 0 Å². The first-order valence-corrected chi connectivity index (χ1v) is 8.98. The second kappa shape index (κ2) is 5.04. The third-order valence-corrected chi connectivity index (χ3v) is 5.18.